The van der Waals surface area contributed by atoms with E-state index in [1.807, 2.05) is 42.5 Å². The molecule has 0 unspecified atom stereocenters. The van der Waals surface area contributed by atoms with Crippen molar-refractivity contribution in [3.63, 3.8) is 0 Å². The molecule has 3 aromatic rings. The second kappa shape index (κ2) is 7.26. The Kier molecular flexibility index (Phi) is 4.65. The first kappa shape index (κ1) is 17.9. The van der Waals surface area contributed by atoms with Crippen LogP contribution in [0.3, 0.4) is 0 Å². The van der Waals surface area contributed by atoms with Crippen molar-refractivity contribution in [2.45, 2.75) is 12.3 Å². The number of rotatable bonds is 5. The molecule has 0 fully saturated rings. The van der Waals surface area contributed by atoms with Gasteiger partial charge in [-0.2, -0.15) is 0 Å². The number of hydrogen-bond donors (Lipinski definition) is 1. The van der Waals surface area contributed by atoms with Crippen molar-refractivity contribution < 1.29 is 23.7 Å². The van der Waals surface area contributed by atoms with Gasteiger partial charge in [-0.25, -0.2) is 0 Å². The number of carbonyl (C=O) groups excluding carboxylic acids is 1. The summed E-state index contributed by atoms with van der Waals surface area (Å²) in [7, 11) is 4.82. The van der Waals surface area contributed by atoms with Crippen LogP contribution in [-0.2, 0) is 4.79 Å². The summed E-state index contributed by atoms with van der Waals surface area (Å²) in [6.45, 7) is 0. The molecule has 1 atom stereocenters. The predicted octanol–water partition coefficient (Wildman–Crippen LogP) is 3.54. The van der Waals surface area contributed by atoms with Crippen LogP contribution in [0.1, 0.15) is 23.5 Å². The minimum Gasteiger partial charge on any atom is -0.497 e. The topological polar surface area (TPSA) is 82.7 Å². The summed E-state index contributed by atoms with van der Waals surface area (Å²) in [5.74, 6) is 1.80. The van der Waals surface area contributed by atoms with Gasteiger partial charge in [0.15, 0.2) is 0 Å². The van der Waals surface area contributed by atoms with E-state index >= 15 is 0 Å². The fourth-order valence-corrected chi connectivity index (χ4v) is 3.50. The molecule has 4 rings (SSSR count). The zero-order valence-electron chi connectivity index (χ0n) is 15.8. The Bertz CT molecular complexity index is 1010. The minimum absolute atomic E-state index is 0.193. The van der Waals surface area contributed by atoms with Crippen molar-refractivity contribution in [2.75, 3.05) is 21.3 Å². The van der Waals surface area contributed by atoms with E-state index in [0.29, 0.717) is 17.4 Å². The average Bonchev–Trinajstić information content (AvgIpc) is 3.16. The number of carbonyl (C=O) groups is 1. The minimum atomic E-state index is -0.330. The van der Waals surface area contributed by atoms with Gasteiger partial charge in [0, 0.05) is 23.1 Å². The molecule has 0 aliphatic carbocycles. The maximum absolute atomic E-state index is 12.2. The van der Waals surface area contributed by atoms with Crippen LogP contribution in [0.5, 0.6) is 23.1 Å². The van der Waals surface area contributed by atoms with Crippen LogP contribution in [-0.4, -0.2) is 37.5 Å². The number of methoxy groups -OCH3 is 3. The molecule has 0 amide bonds. The van der Waals surface area contributed by atoms with Gasteiger partial charge in [-0.1, -0.05) is 6.07 Å². The number of nitrogens with one attached hydrogen (secondary N) is 1. The molecule has 2 heterocycles. The van der Waals surface area contributed by atoms with Crippen molar-refractivity contribution in [1.82, 2.24) is 10.2 Å². The summed E-state index contributed by atoms with van der Waals surface area (Å²) in [5.41, 5.74) is 3.42. The normalized spacial score (nSPS) is 15.5. The Hall–Kier alpha value is -3.48. The van der Waals surface area contributed by atoms with E-state index in [1.165, 1.54) is 0 Å². The number of H-pyrrole nitrogens is 1. The molecule has 0 bridgehead atoms. The van der Waals surface area contributed by atoms with Crippen molar-refractivity contribution in [1.29, 1.82) is 0 Å². The summed E-state index contributed by atoms with van der Waals surface area (Å²) in [6.07, 6.45) is 0.193. The standard InChI is InChI=1S/C21H20N2O5/c1-25-13-6-4-12(5-7-13)20-19-16(11-18(24)28-21(19)23-22-20)15-9-8-14(26-2)10-17(15)27-3/h4-10,16H,11H2,1-3H3,(H,22,23)/t16-/m0/s1. The number of esters is 1. The molecule has 28 heavy (non-hydrogen) atoms. The van der Waals surface area contributed by atoms with E-state index in [9.17, 15) is 4.79 Å². The lowest BCUT2D eigenvalue weighted by Gasteiger charge is -2.24. The highest BCUT2D eigenvalue weighted by molar-refractivity contribution is 5.81. The van der Waals surface area contributed by atoms with Gasteiger partial charge in [0.25, 0.3) is 0 Å². The number of aromatic nitrogens is 2. The van der Waals surface area contributed by atoms with Crippen LogP contribution in [0.4, 0.5) is 0 Å². The summed E-state index contributed by atoms with van der Waals surface area (Å²) in [4.78, 5) is 12.2. The maximum atomic E-state index is 12.2. The van der Waals surface area contributed by atoms with Gasteiger partial charge in [0.05, 0.1) is 39.0 Å². The second-order valence-corrected chi connectivity index (χ2v) is 6.38. The van der Waals surface area contributed by atoms with Crippen LogP contribution in [0, 0.1) is 0 Å². The SMILES string of the molecule is COc1ccc(-c2[nH]nc3c2[C@H](c2ccc(OC)cc2OC)CC(=O)O3)cc1. The van der Waals surface area contributed by atoms with Crippen LogP contribution in [0.2, 0.25) is 0 Å². The van der Waals surface area contributed by atoms with E-state index < -0.39 is 0 Å². The molecular formula is C21H20N2O5. The van der Waals surface area contributed by atoms with Crippen molar-refractivity contribution in [3.05, 3.63) is 53.6 Å². The third-order valence-electron chi connectivity index (χ3n) is 4.89. The number of aromatic amines is 1. The predicted molar refractivity (Wildman–Crippen MR) is 102 cm³/mol. The quantitative estimate of drug-likeness (QED) is 0.682. The molecule has 1 aliphatic heterocycles. The highest BCUT2D eigenvalue weighted by Gasteiger charge is 2.35. The smallest absolute Gasteiger partial charge is 0.313 e. The first-order valence-electron chi connectivity index (χ1n) is 8.80. The van der Waals surface area contributed by atoms with Crippen molar-refractivity contribution in [2.24, 2.45) is 0 Å². The van der Waals surface area contributed by atoms with Crippen molar-refractivity contribution in [3.8, 4) is 34.4 Å². The van der Waals surface area contributed by atoms with Gasteiger partial charge < -0.3 is 18.9 Å². The first-order valence-corrected chi connectivity index (χ1v) is 8.80. The molecule has 7 nitrogen and oxygen atoms in total. The summed E-state index contributed by atoms with van der Waals surface area (Å²) < 4.78 is 21.5. The Morgan fingerprint density at radius 2 is 1.71 bits per heavy atom. The molecule has 1 aromatic heterocycles. The average molecular weight is 380 g/mol. The molecule has 144 valence electrons. The van der Waals surface area contributed by atoms with Crippen molar-refractivity contribution >= 4 is 5.97 Å². The van der Waals surface area contributed by atoms with Crippen LogP contribution >= 0.6 is 0 Å². The molecule has 2 aromatic carbocycles. The number of ether oxygens (including phenoxy) is 4. The third kappa shape index (κ3) is 3.05. The largest absolute Gasteiger partial charge is 0.497 e. The second-order valence-electron chi connectivity index (χ2n) is 6.38. The highest BCUT2D eigenvalue weighted by atomic mass is 16.5. The zero-order valence-corrected chi connectivity index (χ0v) is 15.8. The van der Waals surface area contributed by atoms with Gasteiger partial charge in [0.1, 0.15) is 17.2 Å². The van der Waals surface area contributed by atoms with Gasteiger partial charge >= 0.3 is 5.97 Å². The molecule has 7 heteroatoms. The number of benzene rings is 2. The summed E-state index contributed by atoms with van der Waals surface area (Å²) >= 11 is 0. The Morgan fingerprint density at radius 1 is 1.00 bits per heavy atom. The monoisotopic (exact) mass is 380 g/mol. The van der Waals surface area contributed by atoms with Gasteiger partial charge in [0.2, 0.25) is 5.88 Å². The molecule has 1 aliphatic rings. The fraction of sp³-hybridized carbons (Fsp3) is 0.238. The Balaban J connectivity index is 1.84. The molecular weight excluding hydrogens is 360 g/mol. The van der Waals surface area contributed by atoms with E-state index in [-0.39, 0.29) is 18.3 Å². The lowest BCUT2D eigenvalue weighted by molar-refractivity contribution is -0.135. The Labute approximate surface area is 162 Å². The molecule has 0 radical (unpaired) electrons. The third-order valence-corrected chi connectivity index (χ3v) is 4.89. The maximum Gasteiger partial charge on any atom is 0.313 e. The lowest BCUT2D eigenvalue weighted by Crippen LogP contribution is -2.21. The van der Waals surface area contributed by atoms with Crippen LogP contribution < -0.4 is 18.9 Å². The fourth-order valence-electron chi connectivity index (χ4n) is 3.50. The van der Waals surface area contributed by atoms with Crippen LogP contribution in [0.15, 0.2) is 42.5 Å². The molecule has 0 saturated carbocycles. The van der Waals surface area contributed by atoms with E-state index in [1.54, 1.807) is 21.3 Å². The van der Waals surface area contributed by atoms with Gasteiger partial charge in [-0.15, -0.1) is 5.10 Å². The summed E-state index contributed by atoms with van der Waals surface area (Å²) in [5, 5.41) is 7.24. The van der Waals surface area contributed by atoms with Crippen LogP contribution in [0.25, 0.3) is 11.3 Å². The number of hydrogen-bond acceptors (Lipinski definition) is 6. The van der Waals surface area contributed by atoms with E-state index in [4.69, 9.17) is 18.9 Å². The van der Waals surface area contributed by atoms with Gasteiger partial charge in [-0.05, 0) is 30.3 Å². The molecule has 1 N–H and O–H groups in total. The highest BCUT2D eigenvalue weighted by Crippen LogP contribution is 2.46. The van der Waals surface area contributed by atoms with E-state index in [0.717, 1.165) is 28.1 Å². The number of nitrogens with zero attached hydrogens (tertiary/aromatic N) is 1. The molecule has 0 saturated heterocycles. The zero-order chi connectivity index (χ0) is 19.7. The Morgan fingerprint density at radius 3 is 2.39 bits per heavy atom. The molecule has 0 spiro atoms. The first-order chi connectivity index (χ1) is 13.6. The van der Waals surface area contributed by atoms with E-state index in [2.05, 4.69) is 10.2 Å². The number of fused-ring (bicyclic) bond motifs is 1. The van der Waals surface area contributed by atoms with Gasteiger partial charge in [-0.3, -0.25) is 9.89 Å². The lowest BCUT2D eigenvalue weighted by atomic mass is 9.85. The summed E-state index contributed by atoms with van der Waals surface area (Å²) in [6, 6.07) is 13.2.